The molecule has 5 nitrogen and oxygen atoms in total. The van der Waals surface area contributed by atoms with Gasteiger partial charge in [0.1, 0.15) is 6.61 Å². The number of benzene rings is 1. The Kier molecular flexibility index (Phi) is 6.46. The molecule has 0 saturated carbocycles. The van der Waals surface area contributed by atoms with Gasteiger partial charge in [-0.3, -0.25) is 0 Å². The average molecular weight is 299 g/mol. The molecule has 6 heteroatoms. The first-order valence-electron chi connectivity index (χ1n) is 5.67. The number of carboxylic acids is 1. The van der Waals surface area contributed by atoms with Crippen LogP contribution in [0.5, 0.6) is 17.2 Å². The number of methoxy groups -OCH3 is 2. The van der Waals surface area contributed by atoms with E-state index in [-0.39, 0.29) is 6.61 Å². The third-order valence-electron chi connectivity index (χ3n) is 2.31. The lowest BCUT2D eigenvalue weighted by Crippen LogP contribution is -2.00. The molecule has 0 radical (unpaired) electrons. The number of halogens is 1. The van der Waals surface area contributed by atoms with Gasteiger partial charge in [-0.05, 0) is 29.8 Å². The van der Waals surface area contributed by atoms with E-state index < -0.39 is 5.97 Å². The van der Waals surface area contributed by atoms with Gasteiger partial charge in [-0.2, -0.15) is 0 Å². The van der Waals surface area contributed by atoms with E-state index in [1.165, 1.54) is 25.8 Å². The Labute approximate surface area is 122 Å². The molecule has 0 spiro atoms. The highest BCUT2D eigenvalue weighted by Crippen LogP contribution is 2.38. The Bertz CT molecular complexity index is 497. The summed E-state index contributed by atoms with van der Waals surface area (Å²) in [5.41, 5.74) is 1.98. The lowest BCUT2D eigenvalue weighted by Gasteiger charge is -2.14. The molecular formula is C14H15ClO5. The zero-order valence-corrected chi connectivity index (χ0v) is 11.9. The summed E-state index contributed by atoms with van der Waals surface area (Å²) in [5.74, 6) is 0.280. The maximum Gasteiger partial charge on any atom is 0.328 e. The van der Waals surface area contributed by atoms with Crippen LogP contribution in [0.25, 0.3) is 6.08 Å². The van der Waals surface area contributed by atoms with E-state index in [4.69, 9.17) is 30.9 Å². The van der Waals surface area contributed by atoms with E-state index in [0.29, 0.717) is 22.8 Å². The van der Waals surface area contributed by atoms with Crippen molar-refractivity contribution >= 4 is 23.6 Å². The van der Waals surface area contributed by atoms with Gasteiger partial charge in [0, 0.05) is 11.6 Å². The smallest absolute Gasteiger partial charge is 0.328 e. The molecule has 0 aromatic heterocycles. The first-order chi connectivity index (χ1) is 9.62. The van der Waals surface area contributed by atoms with Crippen LogP contribution in [0.4, 0.5) is 0 Å². The van der Waals surface area contributed by atoms with Gasteiger partial charge in [-0.15, -0.1) is 0 Å². The molecule has 0 atom stereocenters. The van der Waals surface area contributed by atoms with Crippen molar-refractivity contribution in [2.75, 3.05) is 20.8 Å². The number of ether oxygens (including phenoxy) is 3. The van der Waals surface area contributed by atoms with Crippen molar-refractivity contribution in [1.82, 2.24) is 0 Å². The molecule has 0 amide bonds. The molecule has 1 N–H and O–H groups in total. The molecule has 0 unspecified atom stereocenters. The number of carbonyl (C=O) groups is 1. The number of carboxylic acid groups (broad SMARTS) is 1. The van der Waals surface area contributed by atoms with Crippen molar-refractivity contribution in [3.05, 3.63) is 35.4 Å². The number of hydrogen-bond acceptors (Lipinski definition) is 4. The summed E-state index contributed by atoms with van der Waals surface area (Å²) in [6.07, 6.45) is 4.10. The van der Waals surface area contributed by atoms with Crippen LogP contribution in [0.3, 0.4) is 0 Å². The zero-order valence-electron chi connectivity index (χ0n) is 11.1. The largest absolute Gasteiger partial charge is 0.493 e. The second kappa shape index (κ2) is 8.12. The summed E-state index contributed by atoms with van der Waals surface area (Å²) >= 11 is 5.42. The van der Waals surface area contributed by atoms with Gasteiger partial charge in [-0.25, -0.2) is 4.79 Å². The number of aliphatic carboxylic acids is 1. The Morgan fingerprint density at radius 1 is 1.30 bits per heavy atom. The highest BCUT2D eigenvalue weighted by atomic mass is 35.5. The van der Waals surface area contributed by atoms with Gasteiger partial charge >= 0.3 is 5.97 Å². The van der Waals surface area contributed by atoms with E-state index in [1.807, 2.05) is 0 Å². The van der Waals surface area contributed by atoms with Crippen LogP contribution >= 0.6 is 11.6 Å². The highest BCUT2D eigenvalue weighted by molar-refractivity contribution is 6.25. The predicted octanol–water partition coefficient (Wildman–Crippen LogP) is 2.93. The minimum absolute atomic E-state index is 0.264. The van der Waals surface area contributed by atoms with E-state index in [1.54, 1.807) is 18.2 Å². The lowest BCUT2D eigenvalue weighted by molar-refractivity contribution is -0.131. The number of rotatable bonds is 7. The van der Waals surface area contributed by atoms with Gasteiger partial charge in [0.15, 0.2) is 11.5 Å². The fourth-order valence-corrected chi connectivity index (χ4v) is 1.55. The molecule has 1 aromatic carbocycles. The maximum atomic E-state index is 10.5. The van der Waals surface area contributed by atoms with Crippen molar-refractivity contribution < 1.29 is 24.1 Å². The lowest BCUT2D eigenvalue weighted by atomic mass is 10.1. The molecule has 20 heavy (non-hydrogen) atoms. The highest BCUT2D eigenvalue weighted by Gasteiger charge is 2.13. The van der Waals surface area contributed by atoms with Crippen LogP contribution in [0.15, 0.2) is 29.8 Å². The molecule has 1 aromatic rings. The summed E-state index contributed by atoms with van der Waals surface area (Å²) in [6.45, 7) is 0.264. The second-order valence-electron chi connectivity index (χ2n) is 3.60. The van der Waals surface area contributed by atoms with Crippen molar-refractivity contribution in [3.8, 4) is 17.2 Å². The topological polar surface area (TPSA) is 65.0 Å². The van der Waals surface area contributed by atoms with Crippen molar-refractivity contribution in [1.29, 1.82) is 0 Å². The molecule has 0 fully saturated rings. The standard InChI is InChI=1S/C14H15ClO5/c1-18-11-8-10(4-5-13(16)17)9-12(19-2)14(11)20-7-3-6-15/h3-6,8-9H,7H2,1-2H3,(H,16,17)/b5-4+,6-3+. The van der Waals surface area contributed by atoms with Gasteiger partial charge in [0.25, 0.3) is 0 Å². The fraction of sp³-hybridized carbons (Fsp3) is 0.214. The van der Waals surface area contributed by atoms with Crippen LogP contribution < -0.4 is 14.2 Å². The van der Waals surface area contributed by atoms with Crippen LogP contribution in [0, 0.1) is 0 Å². The summed E-state index contributed by atoms with van der Waals surface area (Å²) in [6, 6.07) is 3.31. The molecule has 0 aliphatic rings. The minimum atomic E-state index is -1.03. The van der Waals surface area contributed by atoms with Crippen LogP contribution in [-0.2, 0) is 4.79 Å². The van der Waals surface area contributed by atoms with Crippen LogP contribution in [-0.4, -0.2) is 31.9 Å². The predicted molar refractivity (Wildman–Crippen MR) is 76.7 cm³/mol. The van der Waals surface area contributed by atoms with E-state index >= 15 is 0 Å². The van der Waals surface area contributed by atoms with Crippen molar-refractivity contribution in [2.24, 2.45) is 0 Å². The maximum absolute atomic E-state index is 10.5. The quantitative estimate of drug-likeness (QED) is 0.784. The molecule has 0 saturated heterocycles. The monoisotopic (exact) mass is 298 g/mol. The summed E-state index contributed by atoms with van der Waals surface area (Å²) in [4.78, 5) is 10.5. The van der Waals surface area contributed by atoms with Gasteiger partial charge < -0.3 is 19.3 Å². The molecule has 0 bridgehead atoms. The summed E-state index contributed by atoms with van der Waals surface area (Å²) < 4.78 is 16.0. The second-order valence-corrected chi connectivity index (χ2v) is 3.85. The minimum Gasteiger partial charge on any atom is -0.493 e. The van der Waals surface area contributed by atoms with Crippen LogP contribution in [0.1, 0.15) is 5.56 Å². The molecule has 1 rings (SSSR count). The third-order valence-corrected chi connectivity index (χ3v) is 2.49. The molecule has 0 aliphatic heterocycles. The first-order valence-corrected chi connectivity index (χ1v) is 6.11. The molecule has 0 heterocycles. The van der Waals surface area contributed by atoms with E-state index in [9.17, 15) is 4.79 Å². The Balaban J connectivity index is 3.13. The van der Waals surface area contributed by atoms with Crippen molar-refractivity contribution in [2.45, 2.75) is 0 Å². The van der Waals surface area contributed by atoms with E-state index in [2.05, 4.69) is 0 Å². The van der Waals surface area contributed by atoms with E-state index in [0.717, 1.165) is 6.08 Å². The Morgan fingerprint density at radius 3 is 2.35 bits per heavy atom. The summed E-state index contributed by atoms with van der Waals surface area (Å²) in [7, 11) is 2.98. The molecule has 0 aliphatic carbocycles. The Morgan fingerprint density at radius 2 is 1.90 bits per heavy atom. The average Bonchev–Trinajstić information content (AvgIpc) is 2.45. The fourth-order valence-electron chi connectivity index (χ4n) is 1.47. The molecular weight excluding hydrogens is 284 g/mol. The third kappa shape index (κ3) is 4.51. The SMILES string of the molecule is COc1cc(/C=C/C(=O)O)cc(OC)c1OC/C=C/Cl. The molecule has 108 valence electrons. The summed E-state index contributed by atoms with van der Waals surface area (Å²) in [5, 5.41) is 8.63. The van der Waals surface area contributed by atoms with Crippen LogP contribution in [0.2, 0.25) is 0 Å². The zero-order chi connectivity index (χ0) is 15.0. The van der Waals surface area contributed by atoms with Gasteiger partial charge in [-0.1, -0.05) is 11.6 Å². The normalized spacial score (nSPS) is 10.9. The van der Waals surface area contributed by atoms with Gasteiger partial charge in [0.2, 0.25) is 5.75 Å². The first kappa shape index (κ1) is 15.9. The van der Waals surface area contributed by atoms with Crippen molar-refractivity contribution in [3.63, 3.8) is 0 Å². The Hall–Kier alpha value is -2.14. The number of hydrogen-bond donors (Lipinski definition) is 1. The van der Waals surface area contributed by atoms with Gasteiger partial charge in [0.05, 0.1) is 14.2 Å².